The normalized spacial score (nSPS) is 12.1. The highest BCUT2D eigenvalue weighted by molar-refractivity contribution is 5.91. The number of carbonyl (C=O) groups excluding carboxylic acids is 1. The standard InChI is InChI=1S/C16H20N2O3/c1-3-18(11(2)12-5-4-6-13(19)9-12)16(20)15-8-7-14(10-17)21-15/h4-9,11,19H,3,10,17H2,1-2H3. The van der Waals surface area contributed by atoms with Crippen LogP contribution < -0.4 is 5.73 Å². The number of furan rings is 1. The Bertz CT molecular complexity index is 621. The van der Waals surface area contributed by atoms with Gasteiger partial charge in [-0.3, -0.25) is 4.79 Å². The van der Waals surface area contributed by atoms with Crippen LogP contribution in [0.2, 0.25) is 0 Å². The summed E-state index contributed by atoms with van der Waals surface area (Å²) >= 11 is 0. The minimum absolute atomic E-state index is 0.166. The number of rotatable bonds is 5. The van der Waals surface area contributed by atoms with Crippen molar-refractivity contribution in [1.82, 2.24) is 4.90 Å². The van der Waals surface area contributed by atoms with Crippen LogP contribution in [0.3, 0.4) is 0 Å². The van der Waals surface area contributed by atoms with Crippen molar-refractivity contribution in [3.05, 3.63) is 53.5 Å². The summed E-state index contributed by atoms with van der Waals surface area (Å²) < 4.78 is 5.42. The third-order valence-electron chi connectivity index (χ3n) is 3.50. The Hall–Kier alpha value is -2.27. The second-order valence-corrected chi connectivity index (χ2v) is 4.83. The van der Waals surface area contributed by atoms with E-state index in [1.807, 2.05) is 19.9 Å². The molecule has 0 aliphatic rings. The molecule has 0 radical (unpaired) electrons. The minimum atomic E-state index is -0.187. The number of benzene rings is 1. The van der Waals surface area contributed by atoms with E-state index in [2.05, 4.69) is 0 Å². The van der Waals surface area contributed by atoms with Crippen LogP contribution >= 0.6 is 0 Å². The van der Waals surface area contributed by atoms with Gasteiger partial charge in [0.1, 0.15) is 11.5 Å². The fraction of sp³-hybridized carbons (Fsp3) is 0.312. The van der Waals surface area contributed by atoms with Gasteiger partial charge in [0, 0.05) is 6.54 Å². The fourth-order valence-electron chi connectivity index (χ4n) is 2.30. The molecule has 21 heavy (non-hydrogen) atoms. The Kier molecular flexibility index (Phi) is 4.65. The van der Waals surface area contributed by atoms with Crippen LogP contribution in [0.5, 0.6) is 5.75 Å². The highest BCUT2D eigenvalue weighted by Crippen LogP contribution is 2.25. The van der Waals surface area contributed by atoms with E-state index in [1.54, 1.807) is 35.2 Å². The molecular formula is C16H20N2O3. The van der Waals surface area contributed by atoms with Crippen molar-refractivity contribution < 1.29 is 14.3 Å². The van der Waals surface area contributed by atoms with E-state index in [0.717, 1.165) is 5.56 Å². The SMILES string of the molecule is CCN(C(=O)c1ccc(CN)o1)C(C)c1cccc(O)c1. The molecular weight excluding hydrogens is 268 g/mol. The molecule has 0 spiro atoms. The van der Waals surface area contributed by atoms with Crippen LogP contribution in [-0.2, 0) is 6.54 Å². The summed E-state index contributed by atoms with van der Waals surface area (Å²) in [4.78, 5) is 14.2. The number of amides is 1. The van der Waals surface area contributed by atoms with Gasteiger partial charge in [-0.1, -0.05) is 12.1 Å². The second-order valence-electron chi connectivity index (χ2n) is 4.83. The lowest BCUT2D eigenvalue weighted by Gasteiger charge is -2.27. The van der Waals surface area contributed by atoms with E-state index in [9.17, 15) is 9.90 Å². The molecule has 1 aromatic carbocycles. The summed E-state index contributed by atoms with van der Waals surface area (Å²) in [5.74, 6) is 0.864. The van der Waals surface area contributed by atoms with Crippen molar-refractivity contribution in [2.75, 3.05) is 6.54 Å². The van der Waals surface area contributed by atoms with Gasteiger partial charge in [0.05, 0.1) is 12.6 Å². The maximum atomic E-state index is 12.5. The molecule has 1 aromatic heterocycles. The number of phenols is 1. The summed E-state index contributed by atoms with van der Waals surface area (Å²) in [5, 5.41) is 9.57. The summed E-state index contributed by atoms with van der Waals surface area (Å²) in [6, 6.07) is 10.1. The van der Waals surface area contributed by atoms with E-state index in [-0.39, 0.29) is 30.0 Å². The van der Waals surface area contributed by atoms with Crippen LogP contribution in [-0.4, -0.2) is 22.5 Å². The predicted molar refractivity (Wildman–Crippen MR) is 79.8 cm³/mol. The Labute approximate surface area is 124 Å². The minimum Gasteiger partial charge on any atom is -0.508 e. The smallest absolute Gasteiger partial charge is 0.290 e. The van der Waals surface area contributed by atoms with Crippen LogP contribution in [0.15, 0.2) is 40.8 Å². The molecule has 0 fully saturated rings. The zero-order valence-corrected chi connectivity index (χ0v) is 12.2. The highest BCUT2D eigenvalue weighted by atomic mass is 16.4. The van der Waals surface area contributed by atoms with Gasteiger partial charge in [0.15, 0.2) is 5.76 Å². The zero-order valence-electron chi connectivity index (χ0n) is 12.2. The average molecular weight is 288 g/mol. The van der Waals surface area contributed by atoms with Gasteiger partial charge < -0.3 is 20.2 Å². The molecule has 0 saturated heterocycles. The van der Waals surface area contributed by atoms with Crippen molar-refractivity contribution in [1.29, 1.82) is 0 Å². The maximum Gasteiger partial charge on any atom is 0.290 e. The molecule has 1 unspecified atom stereocenters. The maximum absolute atomic E-state index is 12.5. The topological polar surface area (TPSA) is 79.7 Å². The van der Waals surface area contributed by atoms with Crippen LogP contribution in [0, 0.1) is 0 Å². The van der Waals surface area contributed by atoms with E-state index in [0.29, 0.717) is 12.3 Å². The summed E-state index contributed by atoms with van der Waals surface area (Å²) in [7, 11) is 0. The fourth-order valence-corrected chi connectivity index (χ4v) is 2.30. The van der Waals surface area contributed by atoms with Gasteiger partial charge in [-0.25, -0.2) is 0 Å². The van der Waals surface area contributed by atoms with Crippen molar-refractivity contribution >= 4 is 5.91 Å². The highest BCUT2D eigenvalue weighted by Gasteiger charge is 2.23. The Morgan fingerprint density at radius 1 is 1.38 bits per heavy atom. The molecule has 5 nitrogen and oxygen atoms in total. The molecule has 0 bridgehead atoms. The van der Waals surface area contributed by atoms with Crippen LogP contribution in [0.4, 0.5) is 0 Å². The lowest BCUT2D eigenvalue weighted by Crippen LogP contribution is -2.33. The van der Waals surface area contributed by atoms with Crippen LogP contribution in [0.1, 0.15) is 41.8 Å². The number of nitrogens with zero attached hydrogens (tertiary/aromatic N) is 1. The third kappa shape index (κ3) is 3.25. The van der Waals surface area contributed by atoms with E-state index in [1.165, 1.54) is 0 Å². The monoisotopic (exact) mass is 288 g/mol. The molecule has 1 amide bonds. The molecule has 5 heteroatoms. The number of phenolic OH excluding ortho intramolecular Hbond substituents is 1. The summed E-state index contributed by atoms with van der Waals surface area (Å²) in [6.45, 7) is 4.63. The van der Waals surface area contributed by atoms with Crippen molar-refractivity contribution in [3.8, 4) is 5.75 Å². The third-order valence-corrected chi connectivity index (χ3v) is 3.50. The molecule has 2 aromatic rings. The number of hydrogen-bond donors (Lipinski definition) is 2. The van der Waals surface area contributed by atoms with Crippen LogP contribution in [0.25, 0.3) is 0 Å². The van der Waals surface area contributed by atoms with Gasteiger partial charge in [0.2, 0.25) is 0 Å². The average Bonchev–Trinajstić information content (AvgIpc) is 2.96. The van der Waals surface area contributed by atoms with Gasteiger partial charge >= 0.3 is 0 Å². The molecule has 3 N–H and O–H groups in total. The largest absolute Gasteiger partial charge is 0.508 e. The first-order valence-corrected chi connectivity index (χ1v) is 6.95. The first-order chi connectivity index (χ1) is 10.1. The summed E-state index contributed by atoms with van der Waals surface area (Å²) in [5.41, 5.74) is 6.36. The molecule has 0 aliphatic heterocycles. The molecule has 1 atom stereocenters. The van der Waals surface area contributed by atoms with Gasteiger partial charge in [0.25, 0.3) is 5.91 Å². The lowest BCUT2D eigenvalue weighted by atomic mass is 10.1. The predicted octanol–water partition coefficient (Wildman–Crippen LogP) is 2.67. The van der Waals surface area contributed by atoms with Gasteiger partial charge in [-0.2, -0.15) is 0 Å². The lowest BCUT2D eigenvalue weighted by molar-refractivity contribution is 0.0667. The quantitative estimate of drug-likeness (QED) is 0.886. The second kappa shape index (κ2) is 6.45. The van der Waals surface area contributed by atoms with E-state index in [4.69, 9.17) is 10.2 Å². The number of hydrogen-bond acceptors (Lipinski definition) is 4. The molecule has 1 heterocycles. The van der Waals surface area contributed by atoms with Gasteiger partial charge in [-0.15, -0.1) is 0 Å². The van der Waals surface area contributed by atoms with E-state index < -0.39 is 0 Å². The van der Waals surface area contributed by atoms with Gasteiger partial charge in [-0.05, 0) is 43.7 Å². The molecule has 0 aliphatic carbocycles. The summed E-state index contributed by atoms with van der Waals surface area (Å²) in [6.07, 6.45) is 0. The van der Waals surface area contributed by atoms with Crippen molar-refractivity contribution in [3.63, 3.8) is 0 Å². The number of nitrogens with two attached hydrogens (primary N) is 1. The van der Waals surface area contributed by atoms with E-state index >= 15 is 0 Å². The van der Waals surface area contributed by atoms with Crippen molar-refractivity contribution in [2.24, 2.45) is 5.73 Å². The zero-order chi connectivity index (χ0) is 15.4. The number of aromatic hydroxyl groups is 1. The first kappa shape index (κ1) is 15.1. The molecule has 2 rings (SSSR count). The first-order valence-electron chi connectivity index (χ1n) is 6.95. The number of carbonyl (C=O) groups is 1. The Morgan fingerprint density at radius 2 is 2.14 bits per heavy atom. The Morgan fingerprint density at radius 3 is 2.71 bits per heavy atom. The molecule has 0 saturated carbocycles. The molecule has 112 valence electrons. The Balaban J connectivity index is 2.24. The van der Waals surface area contributed by atoms with Crippen molar-refractivity contribution in [2.45, 2.75) is 26.4 Å².